The summed E-state index contributed by atoms with van der Waals surface area (Å²) in [6, 6.07) is 6.66. The molecule has 1 aromatic carbocycles. The van der Waals surface area contributed by atoms with E-state index in [1.165, 1.54) is 17.2 Å². The van der Waals surface area contributed by atoms with E-state index in [1.807, 2.05) is 0 Å². The highest BCUT2D eigenvalue weighted by Crippen LogP contribution is 2.24. The molecule has 0 saturated heterocycles. The van der Waals surface area contributed by atoms with E-state index < -0.39 is 0 Å². The molecule has 0 saturated carbocycles. The second-order valence-corrected chi connectivity index (χ2v) is 5.33. The van der Waals surface area contributed by atoms with Gasteiger partial charge in [0.2, 0.25) is 5.91 Å². The minimum absolute atomic E-state index is 0.0755. The van der Waals surface area contributed by atoms with Crippen LogP contribution in [0.1, 0.15) is 24.0 Å². The molecule has 0 heterocycles. The number of halogens is 1. The Labute approximate surface area is 110 Å². The van der Waals surface area contributed by atoms with Crippen LogP contribution in [0, 0.1) is 0 Å². The van der Waals surface area contributed by atoms with E-state index in [4.69, 9.17) is 0 Å². The minimum atomic E-state index is -0.0755. The topological polar surface area (TPSA) is 29.1 Å². The number of nitrogens with one attached hydrogen (secondary N) is 1. The number of carbonyl (C=O) groups is 1. The number of hydrogen-bond donors (Lipinski definition) is 1. The second kappa shape index (κ2) is 5.50. The van der Waals surface area contributed by atoms with Gasteiger partial charge in [0, 0.05) is 10.5 Å². The molecule has 2 rings (SSSR count). The van der Waals surface area contributed by atoms with Crippen LogP contribution in [-0.4, -0.2) is 11.9 Å². The fourth-order valence-electron chi connectivity index (χ4n) is 2.32. The van der Waals surface area contributed by atoms with Crippen molar-refractivity contribution in [3.8, 4) is 0 Å². The molecule has 1 amide bonds. The zero-order valence-corrected chi connectivity index (χ0v) is 11.3. The molecule has 90 valence electrons. The second-order valence-electron chi connectivity index (χ2n) is 4.42. The predicted octanol–water partition coefficient (Wildman–Crippen LogP) is 3.00. The van der Waals surface area contributed by atoms with Crippen molar-refractivity contribution in [2.45, 2.75) is 31.7 Å². The van der Waals surface area contributed by atoms with E-state index in [0.29, 0.717) is 0 Å². The maximum atomic E-state index is 11.3. The molecule has 3 heteroatoms. The summed E-state index contributed by atoms with van der Waals surface area (Å²) in [5.74, 6) is -0.0755. The van der Waals surface area contributed by atoms with Crippen molar-refractivity contribution in [2.24, 2.45) is 0 Å². The zero-order valence-electron chi connectivity index (χ0n) is 9.71. The van der Waals surface area contributed by atoms with Crippen molar-refractivity contribution in [2.75, 3.05) is 0 Å². The maximum Gasteiger partial charge on any atom is 0.243 e. The van der Waals surface area contributed by atoms with Gasteiger partial charge in [-0.1, -0.05) is 28.6 Å². The van der Waals surface area contributed by atoms with E-state index in [-0.39, 0.29) is 11.9 Å². The third-order valence-corrected chi connectivity index (χ3v) is 3.66. The number of benzene rings is 1. The zero-order chi connectivity index (χ0) is 12.3. The van der Waals surface area contributed by atoms with Crippen LogP contribution in [0.4, 0.5) is 0 Å². The van der Waals surface area contributed by atoms with Crippen LogP contribution in [0.3, 0.4) is 0 Å². The Morgan fingerprint density at radius 1 is 1.47 bits per heavy atom. The van der Waals surface area contributed by atoms with Crippen LogP contribution in [0.25, 0.3) is 0 Å². The highest BCUT2D eigenvalue weighted by atomic mass is 79.9. The molecule has 17 heavy (non-hydrogen) atoms. The Hall–Kier alpha value is -1.09. The van der Waals surface area contributed by atoms with Gasteiger partial charge in [0.25, 0.3) is 0 Å². The van der Waals surface area contributed by atoms with Crippen molar-refractivity contribution in [1.29, 1.82) is 0 Å². The van der Waals surface area contributed by atoms with Crippen molar-refractivity contribution in [1.82, 2.24) is 5.32 Å². The number of hydrogen-bond acceptors (Lipinski definition) is 1. The first-order chi connectivity index (χ1) is 8.19. The van der Waals surface area contributed by atoms with Crippen LogP contribution >= 0.6 is 15.9 Å². The molecule has 1 unspecified atom stereocenters. The molecular formula is C14H16BrNO. The predicted molar refractivity (Wildman–Crippen MR) is 72.9 cm³/mol. The van der Waals surface area contributed by atoms with Crippen LogP contribution in [0.2, 0.25) is 0 Å². The van der Waals surface area contributed by atoms with Crippen molar-refractivity contribution in [3.63, 3.8) is 0 Å². The number of amides is 1. The normalized spacial score (nSPS) is 19.0. The number of carbonyl (C=O) groups excluding carboxylic acids is 1. The fourth-order valence-corrected chi connectivity index (χ4v) is 2.73. The van der Waals surface area contributed by atoms with E-state index in [9.17, 15) is 4.79 Å². The van der Waals surface area contributed by atoms with Crippen LogP contribution in [0.5, 0.6) is 0 Å². The molecule has 1 aliphatic rings. The highest BCUT2D eigenvalue weighted by molar-refractivity contribution is 9.10. The number of rotatable bonds is 2. The molecule has 0 spiro atoms. The third kappa shape index (κ3) is 3.19. The first-order valence-corrected chi connectivity index (χ1v) is 6.68. The van der Waals surface area contributed by atoms with E-state index >= 15 is 0 Å². The Bertz CT molecular complexity index is 442. The van der Waals surface area contributed by atoms with Gasteiger partial charge in [-0.05, 0) is 55.0 Å². The molecule has 0 fully saturated rings. The molecular weight excluding hydrogens is 278 g/mol. The van der Waals surface area contributed by atoms with Gasteiger partial charge in [-0.25, -0.2) is 0 Å². The first kappa shape index (κ1) is 12.4. The first-order valence-electron chi connectivity index (χ1n) is 5.89. The molecule has 1 aromatic rings. The van der Waals surface area contributed by atoms with Gasteiger partial charge >= 0.3 is 0 Å². The van der Waals surface area contributed by atoms with Crippen LogP contribution in [0.15, 0.2) is 35.3 Å². The van der Waals surface area contributed by atoms with Gasteiger partial charge in [0.1, 0.15) is 0 Å². The molecule has 1 atom stereocenters. The Kier molecular flexibility index (Phi) is 4.00. The lowest BCUT2D eigenvalue weighted by molar-refractivity contribution is -0.117. The van der Waals surface area contributed by atoms with E-state index in [0.717, 1.165) is 30.2 Å². The van der Waals surface area contributed by atoms with E-state index in [1.54, 1.807) is 0 Å². The Balaban J connectivity index is 2.15. The molecule has 1 N–H and O–H groups in total. The molecule has 0 bridgehead atoms. The summed E-state index contributed by atoms with van der Waals surface area (Å²) in [5.41, 5.74) is 2.75. The van der Waals surface area contributed by atoms with Gasteiger partial charge in [0.05, 0.1) is 0 Å². The largest absolute Gasteiger partial charge is 0.350 e. The molecule has 2 nitrogen and oxygen atoms in total. The Morgan fingerprint density at radius 3 is 3.06 bits per heavy atom. The summed E-state index contributed by atoms with van der Waals surface area (Å²) >= 11 is 3.50. The lowest BCUT2D eigenvalue weighted by Crippen LogP contribution is -2.34. The van der Waals surface area contributed by atoms with Crippen molar-refractivity contribution >= 4 is 21.8 Å². The van der Waals surface area contributed by atoms with Gasteiger partial charge < -0.3 is 5.32 Å². The smallest absolute Gasteiger partial charge is 0.243 e. The van der Waals surface area contributed by atoms with Crippen LogP contribution < -0.4 is 5.32 Å². The lowest BCUT2D eigenvalue weighted by Gasteiger charge is -2.15. The van der Waals surface area contributed by atoms with Gasteiger partial charge in [-0.2, -0.15) is 0 Å². The SMILES string of the molecule is C=CC(=O)NC1CCCc2ccc(Br)cc2C1. The summed E-state index contributed by atoms with van der Waals surface area (Å²) in [6.45, 7) is 3.49. The highest BCUT2D eigenvalue weighted by Gasteiger charge is 2.17. The van der Waals surface area contributed by atoms with Gasteiger partial charge in [-0.15, -0.1) is 0 Å². The fraction of sp³-hybridized carbons (Fsp3) is 0.357. The average Bonchev–Trinajstić information content (AvgIpc) is 2.50. The van der Waals surface area contributed by atoms with Gasteiger partial charge in [-0.3, -0.25) is 4.79 Å². The molecule has 0 aliphatic heterocycles. The summed E-state index contributed by atoms with van der Waals surface area (Å²) in [5, 5.41) is 3.00. The molecule has 0 aromatic heterocycles. The monoisotopic (exact) mass is 293 g/mol. The molecule has 0 radical (unpaired) electrons. The van der Waals surface area contributed by atoms with Gasteiger partial charge in [0.15, 0.2) is 0 Å². The summed E-state index contributed by atoms with van der Waals surface area (Å²) in [4.78, 5) is 11.3. The average molecular weight is 294 g/mol. The van der Waals surface area contributed by atoms with Crippen molar-refractivity contribution in [3.05, 3.63) is 46.5 Å². The lowest BCUT2D eigenvalue weighted by atomic mass is 10.0. The number of aryl methyl sites for hydroxylation is 1. The summed E-state index contributed by atoms with van der Waals surface area (Å²) in [7, 11) is 0. The Morgan fingerprint density at radius 2 is 2.29 bits per heavy atom. The summed E-state index contributed by atoms with van der Waals surface area (Å²) < 4.78 is 1.10. The summed E-state index contributed by atoms with van der Waals surface area (Å²) in [6.07, 6.45) is 5.51. The quantitative estimate of drug-likeness (QED) is 0.659. The third-order valence-electron chi connectivity index (χ3n) is 3.17. The minimum Gasteiger partial charge on any atom is -0.350 e. The maximum absolute atomic E-state index is 11.3. The van der Waals surface area contributed by atoms with Crippen molar-refractivity contribution < 1.29 is 4.79 Å². The standard InChI is InChI=1S/C14H16BrNO/c1-2-14(17)16-13-5-3-4-10-6-7-12(15)8-11(10)9-13/h2,6-8,13H,1,3-5,9H2,(H,16,17). The van der Waals surface area contributed by atoms with E-state index in [2.05, 4.69) is 46.0 Å². The number of fused-ring (bicyclic) bond motifs is 1. The molecule has 1 aliphatic carbocycles. The van der Waals surface area contributed by atoms with Crippen LogP contribution in [-0.2, 0) is 17.6 Å².